The van der Waals surface area contributed by atoms with E-state index in [4.69, 9.17) is 10.2 Å². The standard InChI is InChI=1S/C12H9F3N2O3/c13-7-3-9(15)10(4-8(7)14)17-5-6(1-2-18)11(16-17)12(19)20/h3-5,18H,1-2H2,(H,19,20). The fourth-order valence-corrected chi connectivity index (χ4v) is 1.70. The number of rotatable bonds is 4. The first-order valence-electron chi connectivity index (χ1n) is 5.51. The van der Waals surface area contributed by atoms with Gasteiger partial charge in [0, 0.05) is 30.5 Å². The predicted molar refractivity (Wildman–Crippen MR) is 61.2 cm³/mol. The van der Waals surface area contributed by atoms with Gasteiger partial charge in [0.2, 0.25) is 0 Å². The zero-order valence-electron chi connectivity index (χ0n) is 9.98. The molecule has 0 bridgehead atoms. The van der Waals surface area contributed by atoms with Gasteiger partial charge in [-0.05, 0) is 6.42 Å². The third-order valence-corrected chi connectivity index (χ3v) is 2.61. The van der Waals surface area contributed by atoms with E-state index in [2.05, 4.69) is 5.10 Å². The summed E-state index contributed by atoms with van der Waals surface area (Å²) in [5.41, 5.74) is -0.650. The second-order valence-electron chi connectivity index (χ2n) is 3.94. The number of aliphatic hydroxyl groups is 1. The molecule has 106 valence electrons. The highest BCUT2D eigenvalue weighted by atomic mass is 19.2. The molecule has 20 heavy (non-hydrogen) atoms. The number of hydrogen-bond acceptors (Lipinski definition) is 3. The number of carboxylic acids is 1. The Balaban J connectivity index is 2.56. The third kappa shape index (κ3) is 2.50. The predicted octanol–water partition coefficient (Wildman–Crippen LogP) is 1.52. The van der Waals surface area contributed by atoms with Gasteiger partial charge in [0.15, 0.2) is 23.1 Å². The SMILES string of the molecule is O=C(O)c1nn(-c2cc(F)c(F)cc2F)cc1CCO. The molecule has 2 N–H and O–H groups in total. The van der Waals surface area contributed by atoms with Gasteiger partial charge >= 0.3 is 5.97 Å². The molecule has 0 atom stereocenters. The van der Waals surface area contributed by atoms with Crippen molar-refractivity contribution in [2.24, 2.45) is 0 Å². The first-order chi connectivity index (χ1) is 9.43. The molecule has 0 saturated carbocycles. The smallest absolute Gasteiger partial charge is 0.356 e. The fourth-order valence-electron chi connectivity index (χ4n) is 1.70. The fraction of sp³-hybridized carbons (Fsp3) is 0.167. The Hall–Kier alpha value is -2.35. The van der Waals surface area contributed by atoms with Crippen molar-refractivity contribution in [2.45, 2.75) is 6.42 Å². The summed E-state index contributed by atoms with van der Waals surface area (Å²) in [6.45, 7) is -0.327. The molecule has 2 rings (SSSR count). The summed E-state index contributed by atoms with van der Waals surface area (Å²) in [5.74, 6) is -5.08. The Labute approximate surface area is 110 Å². The molecule has 5 nitrogen and oxygen atoms in total. The minimum Gasteiger partial charge on any atom is -0.476 e. The average molecular weight is 286 g/mol. The lowest BCUT2D eigenvalue weighted by Gasteiger charge is -2.03. The van der Waals surface area contributed by atoms with Crippen LogP contribution < -0.4 is 0 Å². The molecule has 1 aromatic heterocycles. The van der Waals surface area contributed by atoms with E-state index in [0.717, 1.165) is 10.9 Å². The van der Waals surface area contributed by atoms with Gasteiger partial charge in [-0.2, -0.15) is 5.10 Å². The minimum atomic E-state index is -1.37. The molecule has 1 aromatic carbocycles. The van der Waals surface area contributed by atoms with Gasteiger partial charge in [0.1, 0.15) is 5.69 Å². The Morgan fingerprint density at radius 3 is 2.45 bits per heavy atom. The van der Waals surface area contributed by atoms with E-state index >= 15 is 0 Å². The number of carboxylic acid groups (broad SMARTS) is 1. The van der Waals surface area contributed by atoms with Crippen LogP contribution in [0, 0.1) is 17.5 Å². The first kappa shape index (κ1) is 14.1. The van der Waals surface area contributed by atoms with Gasteiger partial charge < -0.3 is 10.2 Å². The van der Waals surface area contributed by atoms with Crippen LogP contribution in [0.25, 0.3) is 5.69 Å². The van der Waals surface area contributed by atoms with Crippen molar-refractivity contribution in [3.05, 3.63) is 47.0 Å². The molecule has 2 aromatic rings. The third-order valence-electron chi connectivity index (χ3n) is 2.61. The number of carbonyl (C=O) groups is 1. The lowest BCUT2D eigenvalue weighted by molar-refractivity contribution is 0.0688. The van der Waals surface area contributed by atoms with E-state index in [1.807, 2.05) is 0 Å². The van der Waals surface area contributed by atoms with E-state index in [0.29, 0.717) is 12.1 Å². The lowest BCUT2D eigenvalue weighted by Crippen LogP contribution is -2.05. The van der Waals surface area contributed by atoms with Crippen molar-refractivity contribution in [1.82, 2.24) is 9.78 Å². The van der Waals surface area contributed by atoms with E-state index in [9.17, 15) is 18.0 Å². The van der Waals surface area contributed by atoms with Crippen LogP contribution in [0.1, 0.15) is 16.1 Å². The van der Waals surface area contributed by atoms with Crippen LogP contribution in [-0.4, -0.2) is 32.6 Å². The molecular formula is C12H9F3N2O3. The quantitative estimate of drug-likeness (QED) is 0.836. The maximum atomic E-state index is 13.6. The maximum absolute atomic E-state index is 13.6. The molecule has 0 unspecified atom stereocenters. The van der Waals surface area contributed by atoms with Gasteiger partial charge in [-0.1, -0.05) is 0 Å². The van der Waals surface area contributed by atoms with E-state index < -0.39 is 29.1 Å². The van der Waals surface area contributed by atoms with Crippen molar-refractivity contribution in [3.8, 4) is 5.69 Å². The van der Waals surface area contributed by atoms with E-state index in [1.165, 1.54) is 0 Å². The van der Waals surface area contributed by atoms with Crippen molar-refractivity contribution < 1.29 is 28.2 Å². The van der Waals surface area contributed by atoms with Crippen molar-refractivity contribution in [2.75, 3.05) is 6.61 Å². The summed E-state index contributed by atoms with van der Waals surface area (Å²) in [4.78, 5) is 11.0. The highest BCUT2D eigenvalue weighted by Crippen LogP contribution is 2.19. The number of aromatic nitrogens is 2. The van der Waals surface area contributed by atoms with Gasteiger partial charge in [-0.15, -0.1) is 0 Å². The number of benzene rings is 1. The molecule has 1 heterocycles. The van der Waals surface area contributed by atoms with Crippen LogP contribution in [0.4, 0.5) is 13.2 Å². The second-order valence-corrected chi connectivity index (χ2v) is 3.94. The van der Waals surface area contributed by atoms with E-state index in [1.54, 1.807) is 0 Å². The Morgan fingerprint density at radius 1 is 1.20 bits per heavy atom. The topological polar surface area (TPSA) is 75.3 Å². The van der Waals surface area contributed by atoms with Crippen molar-refractivity contribution in [3.63, 3.8) is 0 Å². The van der Waals surface area contributed by atoms with E-state index in [-0.39, 0.29) is 24.3 Å². The molecule has 0 amide bonds. The summed E-state index contributed by atoms with van der Waals surface area (Å²) < 4.78 is 40.3. The number of aliphatic hydroxyl groups excluding tert-OH is 1. The largest absolute Gasteiger partial charge is 0.476 e. The molecule has 8 heteroatoms. The zero-order valence-corrected chi connectivity index (χ0v) is 9.98. The molecular weight excluding hydrogens is 277 g/mol. The van der Waals surface area contributed by atoms with Gasteiger partial charge in [-0.3, -0.25) is 0 Å². The second kappa shape index (κ2) is 5.33. The summed E-state index contributed by atoms with van der Waals surface area (Å²) in [7, 11) is 0. The van der Waals surface area contributed by atoms with Crippen LogP contribution in [0.3, 0.4) is 0 Å². The Morgan fingerprint density at radius 2 is 1.85 bits per heavy atom. The maximum Gasteiger partial charge on any atom is 0.356 e. The minimum absolute atomic E-state index is 0.00701. The van der Waals surface area contributed by atoms with Gasteiger partial charge in [-0.25, -0.2) is 22.6 Å². The van der Waals surface area contributed by atoms with Crippen LogP contribution >= 0.6 is 0 Å². The monoisotopic (exact) mass is 286 g/mol. The van der Waals surface area contributed by atoms with Crippen LogP contribution in [0.2, 0.25) is 0 Å². The number of halogens is 3. The summed E-state index contributed by atoms with van der Waals surface area (Å²) in [6, 6.07) is 0.921. The van der Waals surface area contributed by atoms with Crippen LogP contribution in [0.15, 0.2) is 18.3 Å². The zero-order chi connectivity index (χ0) is 14.9. The molecule has 0 saturated heterocycles. The van der Waals surface area contributed by atoms with Gasteiger partial charge in [0.05, 0.1) is 0 Å². The normalized spacial score (nSPS) is 10.8. The number of aromatic carboxylic acids is 1. The molecule has 0 aliphatic heterocycles. The highest BCUT2D eigenvalue weighted by molar-refractivity contribution is 5.87. The van der Waals surface area contributed by atoms with Gasteiger partial charge in [0.25, 0.3) is 0 Å². The number of nitrogens with zero attached hydrogens (tertiary/aromatic N) is 2. The first-order valence-corrected chi connectivity index (χ1v) is 5.51. The Kier molecular flexibility index (Phi) is 3.75. The number of hydrogen-bond donors (Lipinski definition) is 2. The highest BCUT2D eigenvalue weighted by Gasteiger charge is 2.19. The summed E-state index contributed by atoms with van der Waals surface area (Å²) in [6.07, 6.45) is 1.14. The average Bonchev–Trinajstić information content (AvgIpc) is 2.78. The lowest BCUT2D eigenvalue weighted by atomic mass is 10.2. The molecule has 0 fully saturated rings. The van der Waals surface area contributed by atoms with Crippen molar-refractivity contribution >= 4 is 5.97 Å². The molecule has 0 aliphatic rings. The molecule has 0 aliphatic carbocycles. The van der Waals surface area contributed by atoms with Crippen molar-refractivity contribution in [1.29, 1.82) is 0 Å². The Bertz CT molecular complexity index is 670. The molecule has 0 spiro atoms. The molecule has 0 radical (unpaired) electrons. The van der Waals surface area contributed by atoms with Crippen LogP contribution in [0.5, 0.6) is 0 Å². The van der Waals surface area contributed by atoms with Crippen LogP contribution in [-0.2, 0) is 6.42 Å². The summed E-state index contributed by atoms with van der Waals surface area (Å²) >= 11 is 0. The summed E-state index contributed by atoms with van der Waals surface area (Å²) in [5, 5.41) is 21.4.